The molecule has 1 heteroatoms. The SMILES string of the molecule is c1ccc(-c2ccc3ccc4c(-c5cccc6oc7c(-c8cccc9ccccc89)cccc7c56)ccc5ccc2c3c54)cc1. The molecule has 0 radical (unpaired) electrons. The van der Waals surface area contributed by atoms with Gasteiger partial charge in [-0.25, -0.2) is 0 Å². The Bertz CT molecular complexity index is 2740. The molecule has 0 aliphatic rings. The van der Waals surface area contributed by atoms with Gasteiger partial charge in [-0.1, -0.05) is 152 Å². The van der Waals surface area contributed by atoms with Crippen LogP contribution in [0.25, 0.3) is 98.4 Å². The van der Waals surface area contributed by atoms with Crippen molar-refractivity contribution in [3.63, 3.8) is 0 Å². The summed E-state index contributed by atoms with van der Waals surface area (Å²) in [6.07, 6.45) is 0. The second kappa shape index (κ2) is 9.29. The molecular formula is C44H26O. The van der Waals surface area contributed by atoms with Gasteiger partial charge in [0, 0.05) is 16.3 Å². The van der Waals surface area contributed by atoms with E-state index in [-0.39, 0.29) is 0 Å². The Kier molecular flexibility index (Phi) is 5.06. The minimum Gasteiger partial charge on any atom is -0.455 e. The van der Waals surface area contributed by atoms with Crippen LogP contribution in [0.3, 0.4) is 0 Å². The minimum atomic E-state index is 0.909. The van der Waals surface area contributed by atoms with Crippen molar-refractivity contribution in [1.29, 1.82) is 0 Å². The zero-order valence-electron chi connectivity index (χ0n) is 24.4. The highest BCUT2D eigenvalue weighted by molar-refractivity contribution is 6.29. The summed E-state index contributed by atoms with van der Waals surface area (Å²) in [6, 6.07) is 57.2. The molecule has 1 nitrogen and oxygen atoms in total. The van der Waals surface area contributed by atoms with Crippen molar-refractivity contribution in [3.05, 3.63) is 158 Å². The fraction of sp³-hybridized carbons (Fsp3) is 0. The third-order valence-corrected chi connectivity index (χ3v) is 9.64. The molecule has 0 N–H and O–H groups in total. The van der Waals surface area contributed by atoms with Crippen LogP contribution >= 0.6 is 0 Å². The number of hydrogen-bond donors (Lipinski definition) is 0. The molecule has 0 amide bonds. The standard InChI is InChI=1S/C44H26O/c1-2-9-27(10-3-1)32-23-19-29-22-26-37-34(24-20-30-21-25-36(32)41(29)42(30)37)35-15-8-18-40-43(35)39-17-7-16-38(44(39)45-40)33-14-6-12-28-11-4-5-13-31(28)33/h1-26H. The number of rotatable bonds is 3. The maximum Gasteiger partial charge on any atom is 0.143 e. The quantitative estimate of drug-likeness (QED) is 0.193. The summed E-state index contributed by atoms with van der Waals surface area (Å²) in [6.45, 7) is 0. The summed E-state index contributed by atoms with van der Waals surface area (Å²) in [5.74, 6) is 0. The van der Waals surface area contributed by atoms with Gasteiger partial charge < -0.3 is 4.42 Å². The van der Waals surface area contributed by atoms with E-state index in [1.165, 1.54) is 70.9 Å². The lowest BCUT2D eigenvalue weighted by atomic mass is 9.86. The Morgan fingerprint density at radius 3 is 1.71 bits per heavy atom. The molecule has 0 atom stereocenters. The van der Waals surface area contributed by atoms with Crippen molar-refractivity contribution in [2.45, 2.75) is 0 Å². The van der Waals surface area contributed by atoms with Gasteiger partial charge >= 0.3 is 0 Å². The summed E-state index contributed by atoms with van der Waals surface area (Å²) in [5.41, 5.74) is 9.09. The third-order valence-electron chi connectivity index (χ3n) is 9.64. The number of benzene rings is 9. The van der Waals surface area contributed by atoms with Crippen LogP contribution in [0.1, 0.15) is 0 Å². The average molecular weight is 571 g/mol. The van der Waals surface area contributed by atoms with Gasteiger partial charge in [-0.3, -0.25) is 0 Å². The Labute approximate surface area is 259 Å². The number of fused-ring (bicyclic) bond motifs is 4. The van der Waals surface area contributed by atoms with E-state index in [1.54, 1.807) is 0 Å². The highest BCUT2D eigenvalue weighted by atomic mass is 16.3. The van der Waals surface area contributed by atoms with E-state index in [0.717, 1.165) is 27.5 Å². The lowest BCUT2D eigenvalue weighted by Crippen LogP contribution is -1.89. The Balaban J connectivity index is 1.26. The first-order chi connectivity index (χ1) is 22.3. The van der Waals surface area contributed by atoms with Gasteiger partial charge in [0.05, 0.1) is 0 Å². The average Bonchev–Trinajstić information content (AvgIpc) is 3.50. The van der Waals surface area contributed by atoms with E-state index < -0.39 is 0 Å². The van der Waals surface area contributed by atoms with E-state index in [2.05, 4.69) is 158 Å². The van der Waals surface area contributed by atoms with E-state index in [0.29, 0.717) is 0 Å². The van der Waals surface area contributed by atoms with Crippen LogP contribution in [0, 0.1) is 0 Å². The fourth-order valence-corrected chi connectivity index (χ4v) is 7.65. The number of hydrogen-bond acceptors (Lipinski definition) is 1. The predicted octanol–water partition coefficient (Wildman–Crippen LogP) is 12.6. The molecule has 0 bridgehead atoms. The monoisotopic (exact) mass is 570 g/mol. The molecule has 0 aliphatic heterocycles. The fourth-order valence-electron chi connectivity index (χ4n) is 7.65. The van der Waals surface area contributed by atoms with Crippen LogP contribution in [0.2, 0.25) is 0 Å². The van der Waals surface area contributed by atoms with Crippen molar-refractivity contribution >= 4 is 65.0 Å². The van der Waals surface area contributed by atoms with Gasteiger partial charge in [0.1, 0.15) is 11.2 Å². The molecule has 9 aromatic carbocycles. The normalized spacial score (nSPS) is 12.0. The molecule has 10 rings (SSSR count). The molecule has 1 heterocycles. The molecule has 45 heavy (non-hydrogen) atoms. The first-order valence-corrected chi connectivity index (χ1v) is 15.5. The van der Waals surface area contributed by atoms with E-state index in [9.17, 15) is 0 Å². The van der Waals surface area contributed by atoms with Gasteiger partial charge in [-0.05, 0) is 77.0 Å². The minimum absolute atomic E-state index is 0.909. The zero-order valence-corrected chi connectivity index (χ0v) is 24.4. The van der Waals surface area contributed by atoms with Gasteiger partial charge in [-0.15, -0.1) is 0 Å². The highest BCUT2D eigenvalue weighted by Crippen LogP contribution is 2.46. The molecule has 0 aliphatic carbocycles. The lowest BCUT2D eigenvalue weighted by molar-refractivity contribution is 0.670. The van der Waals surface area contributed by atoms with Crippen LogP contribution in [0.15, 0.2) is 162 Å². The molecule has 0 saturated heterocycles. The topological polar surface area (TPSA) is 13.1 Å². The van der Waals surface area contributed by atoms with Gasteiger partial charge in [-0.2, -0.15) is 0 Å². The Morgan fingerprint density at radius 1 is 0.289 bits per heavy atom. The van der Waals surface area contributed by atoms with Gasteiger partial charge in [0.15, 0.2) is 0 Å². The number of furan rings is 1. The largest absolute Gasteiger partial charge is 0.455 e. The summed E-state index contributed by atoms with van der Waals surface area (Å²) in [4.78, 5) is 0. The van der Waals surface area contributed by atoms with Gasteiger partial charge in [0.2, 0.25) is 0 Å². The predicted molar refractivity (Wildman–Crippen MR) is 191 cm³/mol. The number of para-hydroxylation sites is 1. The van der Waals surface area contributed by atoms with Crippen molar-refractivity contribution in [2.75, 3.05) is 0 Å². The van der Waals surface area contributed by atoms with E-state index in [1.807, 2.05) is 0 Å². The van der Waals surface area contributed by atoms with Crippen LogP contribution in [0.5, 0.6) is 0 Å². The zero-order chi connectivity index (χ0) is 29.5. The Morgan fingerprint density at radius 2 is 0.867 bits per heavy atom. The van der Waals surface area contributed by atoms with Crippen LogP contribution in [-0.4, -0.2) is 0 Å². The van der Waals surface area contributed by atoms with Crippen LogP contribution in [0.4, 0.5) is 0 Å². The van der Waals surface area contributed by atoms with Crippen molar-refractivity contribution in [2.24, 2.45) is 0 Å². The summed E-state index contributed by atoms with van der Waals surface area (Å²) in [7, 11) is 0. The maximum absolute atomic E-state index is 6.74. The smallest absolute Gasteiger partial charge is 0.143 e. The second-order valence-electron chi connectivity index (χ2n) is 12.0. The van der Waals surface area contributed by atoms with E-state index >= 15 is 0 Å². The first-order valence-electron chi connectivity index (χ1n) is 15.5. The maximum atomic E-state index is 6.74. The lowest BCUT2D eigenvalue weighted by Gasteiger charge is -2.17. The summed E-state index contributed by atoms with van der Waals surface area (Å²) in [5, 5.41) is 12.5. The molecular weight excluding hydrogens is 544 g/mol. The van der Waals surface area contributed by atoms with Crippen molar-refractivity contribution < 1.29 is 4.42 Å². The Hall–Kier alpha value is -5.92. The van der Waals surface area contributed by atoms with Gasteiger partial charge in [0.25, 0.3) is 0 Å². The van der Waals surface area contributed by atoms with Crippen LogP contribution < -0.4 is 0 Å². The van der Waals surface area contributed by atoms with Crippen LogP contribution in [-0.2, 0) is 0 Å². The highest BCUT2D eigenvalue weighted by Gasteiger charge is 2.20. The second-order valence-corrected chi connectivity index (χ2v) is 12.0. The molecule has 208 valence electrons. The molecule has 1 aromatic heterocycles. The van der Waals surface area contributed by atoms with Crippen molar-refractivity contribution in [3.8, 4) is 33.4 Å². The summed E-state index contributed by atoms with van der Waals surface area (Å²) >= 11 is 0. The molecule has 0 unspecified atom stereocenters. The first kappa shape index (κ1) is 24.5. The molecule has 10 aromatic rings. The molecule has 0 spiro atoms. The molecule has 0 saturated carbocycles. The van der Waals surface area contributed by atoms with Crippen molar-refractivity contribution in [1.82, 2.24) is 0 Å². The molecule has 0 fully saturated rings. The summed E-state index contributed by atoms with van der Waals surface area (Å²) < 4.78 is 6.74. The van der Waals surface area contributed by atoms with E-state index in [4.69, 9.17) is 4.42 Å². The third kappa shape index (κ3) is 3.50.